The second kappa shape index (κ2) is 7.23. The van der Waals surface area contributed by atoms with Crippen molar-refractivity contribution in [1.82, 2.24) is 9.55 Å². The Morgan fingerprint density at radius 3 is 2.96 bits per heavy atom. The molecule has 7 heteroatoms. The van der Waals surface area contributed by atoms with Gasteiger partial charge in [0.2, 0.25) is 5.91 Å². The Morgan fingerprint density at radius 1 is 1.33 bits per heavy atom. The molecular weight excluding hydrogens is 365 g/mol. The molecule has 1 aromatic carbocycles. The number of carbonyl (C=O) groups excluding carboxylic acids is 1. The normalized spacial score (nSPS) is 13.6. The van der Waals surface area contributed by atoms with E-state index in [2.05, 4.69) is 10.3 Å². The summed E-state index contributed by atoms with van der Waals surface area (Å²) in [5.74, 6) is -0.556. The zero-order chi connectivity index (χ0) is 19.0. The summed E-state index contributed by atoms with van der Waals surface area (Å²) in [5, 5.41) is 3.50. The Labute approximate surface area is 159 Å². The highest BCUT2D eigenvalue weighted by molar-refractivity contribution is 7.18. The lowest BCUT2D eigenvalue weighted by Crippen LogP contribution is -2.24. The molecule has 5 nitrogen and oxygen atoms in total. The molecule has 2 heterocycles. The number of nitrogens with zero attached hydrogens (tertiary/aromatic N) is 2. The third kappa shape index (κ3) is 3.51. The van der Waals surface area contributed by atoms with Crippen molar-refractivity contribution in [2.45, 2.75) is 45.6 Å². The monoisotopic (exact) mass is 385 g/mol. The Bertz CT molecular complexity index is 1090. The van der Waals surface area contributed by atoms with Crippen molar-refractivity contribution >= 4 is 33.1 Å². The molecule has 2 aromatic heterocycles. The van der Waals surface area contributed by atoms with E-state index in [1.807, 2.05) is 0 Å². The van der Waals surface area contributed by atoms with Crippen LogP contribution in [0.25, 0.3) is 10.2 Å². The summed E-state index contributed by atoms with van der Waals surface area (Å²) in [7, 11) is 0. The number of rotatable bonds is 4. The molecule has 0 unspecified atom stereocenters. The Kier molecular flexibility index (Phi) is 4.78. The van der Waals surface area contributed by atoms with Gasteiger partial charge in [-0.25, -0.2) is 9.37 Å². The molecule has 1 amide bonds. The van der Waals surface area contributed by atoms with Gasteiger partial charge in [0.1, 0.15) is 10.6 Å². The van der Waals surface area contributed by atoms with Gasteiger partial charge >= 0.3 is 0 Å². The maximum Gasteiger partial charge on any atom is 0.262 e. The predicted octanol–water partition coefficient (Wildman–Crippen LogP) is 3.81. The molecule has 1 aliphatic rings. The average Bonchev–Trinajstić information content (AvgIpc) is 3.03. The van der Waals surface area contributed by atoms with Gasteiger partial charge in [-0.05, 0) is 61.9 Å². The van der Waals surface area contributed by atoms with Gasteiger partial charge < -0.3 is 5.32 Å². The number of benzene rings is 1. The topological polar surface area (TPSA) is 64.0 Å². The fourth-order valence-electron chi connectivity index (χ4n) is 3.54. The van der Waals surface area contributed by atoms with Crippen LogP contribution < -0.4 is 10.9 Å². The minimum Gasteiger partial charge on any atom is -0.326 e. The van der Waals surface area contributed by atoms with Crippen LogP contribution in [0, 0.1) is 12.7 Å². The van der Waals surface area contributed by atoms with E-state index in [4.69, 9.17) is 0 Å². The maximum atomic E-state index is 13.2. The molecule has 0 aliphatic heterocycles. The van der Waals surface area contributed by atoms with E-state index in [1.165, 1.54) is 27.9 Å². The molecule has 0 atom stereocenters. The summed E-state index contributed by atoms with van der Waals surface area (Å²) in [4.78, 5) is 31.6. The van der Waals surface area contributed by atoms with Crippen LogP contribution >= 0.6 is 11.3 Å². The van der Waals surface area contributed by atoms with Crippen LogP contribution in [0.2, 0.25) is 0 Å². The van der Waals surface area contributed by atoms with E-state index >= 15 is 0 Å². The van der Waals surface area contributed by atoms with Crippen molar-refractivity contribution in [3.63, 3.8) is 0 Å². The zero-order valence-electron chi connectivity index (χ0n) is 15.0. The smallest absolute Gasteiger partial charge is 0.262 e. The fraction of sp³-hybridized carbons (Fsp3) is 0.350. The molecule has 0 fully saturated rings. The highest BCUT2D eigenvalue weighted by atomic mass is 32.1. The lowest BCUT2D eigenvalue weighted by atomic mass is 9.97. The highest BCUT2D eigenvalue weighted by Gasteiger charge is 2.20. The number of nitrogens with one attached hydrogen (secondary N) is 1. The number of aromatic nitrogens is 2. The van der Waals surface area contributed by atoms with Gasteiger partial charge in [0.15, 0.2) is 0 Å². The number of anilines is 1. The molecule has 0 radical (unpaired) electrons. The van der Waals surface area contributed by atoms with Crippen molar-refractivity contribution in [1.29, 1.82) is 0 Å². The first-order valence-electron chi connectivity index (χ1n) is 9.08. The summed E-state index contributed by atoms with van der Waals surface area (Å²) in [5.41, 5.74) is 2.33. The second-order valence-electron chi connectivity index (χ2n) is 6.89. The molecule has 1 N–H and O–H groups in total. The Morgan fingerprint density at radius 2 is 2.15 bits per heavy atom. The van der Waals surface area contributed by atoms with Crippen molar-refractivity contribution in [3.05, 3.63) is 56.7 Å². The van der Waals surface area contributed by atoms with E-state index in [0.717, 1.165) is 41.5 Å². The number of hydrogen-bond acceptors (Lipinski definition) is 4. The van der Waals surface area contributed by atoms with E-state index in [1.54, 1.807) is 24.3 Å². The van der Waals surface area contributed by atoms with Crippen LogP contribution in [0.3, 0.4) is 0 Å². The van der Waals surface area contributed by atoms with Gasteiger partial charge in [0.05, 0.1) is 11.7 Å². The van der Waals surface area contributed by atoms with Gasteiger partial charge in [0.25, 0.3) is 5.56 Å². The molecule has 3 aromatic rings. The lowest BCUT2D eigenvalue weighted by molar-refractivity contribution is -0.116. The predicted molar refractivity (Wildman–Crippen MR) is 105 cm³/mol. The number of halogens is 1. The molecule has 1 aliphatic carbocycles. The van der Waals surface area contributed by atoms with Gasteiger partial charge in [-0.2, -0.15) is 0 Å². The third-order valence-electron chi connectivity index (χ3n) is 4.98. The van der Waals surface area contributed by atoms with Crippen LogP contribution in [-0.2, 0) is 24.2 Å². The largest absolute Gasteiger partial charge is 0.326 e. The van der Waals surface area contributed by atoms with E-state index < -0.39 is 0 Å². The first kappa shape index (κ1) is 17.9. The first-order valence-corrected chi connectivity index (χ1v) is 9.90. The summed E-state index contributed by atoms with van der Waals surface area (Å²) < 4.78 is 14.7. The van der Waals surface area contributed by atoms with Gasteiger partial charge in [0, 0.05) is 23.5 Å². The number of thiophene rings is 1. The lowest BCUT2D eigenvalue weighted by Gasteiger charge is -2.11. The molecule has 0 saturated heterocycles. The van der Waals surface area contributed by atoms with Crippen molar-refractivity contribution in [3.8, 4) is 0 Å². The molecule has 0 spiro atoms. The summed E-state index contributed by atoms with van der Waals surface area (Å²) in [6.07, 6.45) is 5.90. The van der Waals surface area contributed by atoms with Gasteiger partial charge in [-0.15, -0.1) is 11.3 Å². The van der Waals surface area contributed by atoms with Crippen molar-refractivity contribution in [2.24, 2.45) is 0 Å². The quantitative estimate of drug-likeness (QED) is 0.743. The standard InChI is InChI=1S/C20H20FN3O2S/c1-12-10-13(21)6-7-15(12)23-17(25)8-9-24-11-22-19-18(20(24)26)14-4-2-3-5-16(14)27-19/h6-7,10-11H,2-5,8-9H2,1H3,(H,23,25). The molecule has 4 rings (SSSR count). The van der Waals surface area contributed by atoms with Crippen molar-refractivity contribution < 1.29 is 9.18 Å². The number of hydrogen-bond donors (Lipinski definition) is 1. The fourth-order valence-corrected chi connectivity index (χ4v) is 4.76. The third-order valence-corrected chi connectivity index (χ3v) is 6.18. The number of aryl methyl sites for hydroxylation is 4. The summed E-state index contributed by atoms with van der Waals surface area (Å²) in [6, 6.07) is 4.22. The van der Waals surface area contributed by atoms with Gasteiger partial charge in [-0.1, -0.05) is 0 Å². The highest BCUT2D eigenvalue weighted by Crippen LogP contribution is 2.33. The molecule has 140 valence electrons. The maximum absolute atomic E-state index is 13.2. The molecular formula is C20H20FN3O2S. The van der Waals surface area contributed by atoms with Crippen LogP contribution in [0.1, 0.15) is 35.3 Å². The average molecular weight is 385 g/mol. The number of fused-ring (bicyclic) bond motifs is 3. The number of amides is 1. The van der Waals surface area contributed by atoms with Crippen molar-refractivity contribution in [2.75, 3.05) is 5.32 Å². The minimum atomic E-state index is -0.337. The number of carbonyl (C=O) groups is 1. The molecule has 0 bridgehead atoms. The Balaban J connectivity index is 1.51. The van der Waals surface area contributed by atoms with Crippen LogP contribution in [0.4, 0.5) is 10.1 Å². The van der Waals surface area contributed by atoms with Crippen LogP contribution in [-0.4, -0.2) is 15.5 Å². The van der Waals surface area contributed by atoms with Crippen LogP contribution in [0.5, 0.6) is 0 Å². The van der Waals surface area contributed by atoms with Crippen LogP contribution in [0.15, 0.2) is 29.3 Å². The second-order valence-corrected chi connectivity index (χ2v) is 7.98. The van der Waals surface area contributed by atoms with E-state index in [9.17, 15) is 14.0 Å². The Hall–Kier alpha value is -2.54. The SMILES string of the molecule is Cc1cc(F)ccc1NC(=O)CCn1cnc2sc3c(c2c1=O)CCCC3. The summed E-state index contributed by atoms with van der Waals surface area (Å²) >= 11 is 1.62. The molecule has 0 saturated carbocycles. The van der Waals surface area contributed by atoms with Gasteiger partial charge in [-0.3, -0.25) is 14.2 Å². The first-order chi connectivity index (χ1) is 13.0. The minimum absolute atomic E-state index is 0.0647. The molecule has 27 heavy (non-hydrogen) atoms. The zero-order valence-corrected chi connectivity index (χ0v) is 15.9. The summed E-state index contributed by atoms with van der Waals surface area (Å²) in [6.45, 7) is 2.00. The van der Waals surface area contributed by atoms with E-state index in [-0.39, 0.29) is 30.2 Å². The van der Waals surface area contributed by atoms with E-state index in [0.29, 0.717) is 11.3 Å².